The van der Waals surface area contributed by atoms with E-state index in [1.807, 2.05) is 18.2 Å². The minimum absolute atomic E-state index is 0.0779. The van der Waals surface area contributed by atoms with Crippen LogP contribution in [0, 0.1) is 6.92 Å². The van der Waals surface area contributed by atoms with Gasteiger partial charge in [0.15, 0.2) is 6.61 Å². The Hall–Kier alpha value is -2.49. The second-order valence-electron chi connectivity index (χ2n) is 7.05. The zero-order valence-electron chi connectivity index (χ0n) is 17.0. The van der Waals surface area contributed by atoms with Gasteiger partial charge in [-0.15, -0.1) is 0 Å². The van der Waals surface area contributed by atoms with Crippen molar-refractivity contribution in [2.45, 2.75) is 53.4 Å². The quantitative estimate of drug-likeness (QED) is 0.670. The molecule has 0 fully saturated rings. The lowest BCUT2D eigenvalue weighted by Gasteiger charge is -2.16. The number of hydrogen-bond donors (Lipinski definition) is 1. The van der Waals surface area contributed by atoms with Crippen molar-refractivity contribution < 1.29 is 19.4 Å². The maximum atomic E-state index is 11.5. The summed E-state index contributed by atoms with van der Waals surface area (Å²) in [5.74, 6) is 0.955. The molecule has 0 saturated heterocycles. The van der Waals surface area contributed by atoms with Gasteiger partial charge in [0, 0.05) is 0 Å². The van der Waals surface area contributed by atoms with Crippen molar-refractivity contribution in [2.75, 3.05) is 13.2 Å². The van der Waals surface area contributed by atoms with E-state index >= 15 is 0 Å². The van der Waals surface area contributed by atoms with Gasteiger partial charge in [-0.05, 0) is 78.6 Å². The first-order valence-electron chi connectivity index (χ1n) is 9.58. The van der Waals surface area contributed by atoms with Crippen LogP contribution in [-0.4, -0.2) is 24.3 Å². The molecule has 0 aliphatic carbocycles. The number of esters is 1. The molecule has 0 atom stereocenters. The molecule has 0 heterocycles. The van der Waals surface area contributed by atoms with E-state index in [4.69, 9.17) is 9.47 Å². The highest BCUT2D eigenvalue weighted by Crippen LogP contribution is 2.30. The summed E-state index contributed by atoms with van der Waals surface area (Å²) in [4.78, 5) is 11.5. The molecule has 0 amide bonds. The van der Waals surface area contributed by atoms with Crippen molar-refractivity contribution >= 4 is 5.97 Å². The molecule has 0 saturated carbocycles. The topological polar surface area (TPSA) is 55.8 Å². The fraction of sp³-hybridized carbons (Fsp3) is 0.435. The van der Waals surface area contributed by atoms with Gasteiger partial charge in [-0.1, -0.05) is 32.9 Å². The van der Waals surface area contributed by atoms with Crippen LogP contribution in [0.2, 0.25) is 0 Å². The number of ether oxygens (including phenoxy) is 2. The van der Waals surface area contributed by atoms with Crippen LogP contribution in [0.25, 0.3) is 0 Å². The van der Waals surface area contributed by atoms with Gasteiger partial charge in [0.1, 0.15) is 11.5 Å². The maximum absolute atomic E-state index is 11.5. The van der Waals surface area contributed by atoms with Crippen LogP contribution < -0.4 is 4.74 Å². The number of rotatable bonds is 8. The van der Waals surface area contributed by atoms with E-state index in [1.54, 1.807) is 13.0 Å². The van der Waals surface area contributed by atoms with Gasteiger partial charge < -0.3 is 14.6 Å². The van der Waals surface area contributed by atoms with Crippen molar-refractivity contribution in [3.63, 3.8) is 0 Å². The van der Waals surface area contributed by atoms with Crippen LogP contribution >= 0.6 is 0 Å². The first-order chi connectivity index (χ1) is 12.8. The van der Waals surface area contributed by atoms with Crippen LogP contribution in [0.3, 0.4) is 0 Å². The molecule has 0 aliphatic rings. The Morgan fingerprint density at radius 3 is 2.52 bits per heavy atom. The fourth-order valence-electron chi connectivity index (χ4n) is 3.23. The summed E-state index contributed by atoms with van der Waals surface area (Å²) in [6, 6.07) is 9.82. The Morgan fingerprint density at radius 2 is 1.89 bits per heavy atom. The Kier molecular flexibility index (Phi) is 7.28. The second kappa shape index (κ2) is 9.45. The molecule has 27 heavy (non-hydrogen) atoms. The molecule has 0 aliphatic heterocycles. The van der Waals surface area contributed by atoms with Gasteiger partial charge in [0.25, 0.3) is 0 Å². The normalized spacial score (nSPS) is 10.9. The van der Waals surface area contributed by atoms with Crippen LogP contribution in [-0.2, 0) is 22.4 Å². The third kappa shape index (κ3) is 5.49. The molecule has 0 spiro atoms. The van der Waals surface area contributed by atoms with Gasteiger partial charge in [0.2, 0.25) is 0 Å². The summed E-state index contributed by atoms with van der Waals surface area (Å²) in [5, 5.41) is 10.1. The smallest absolute Gasteiger partial charge is 0.344 e. The highest BCUT2D eigenvalue weighted by molar-refractivity contribution is 5.71. The number of carbonyl (C=O) groups is 1. The van der Waals surface area contributed by atoms with Crippen molar-refractivity contribution in [3.05, 3.63) is 58.1 Å². The first-order valence-corrected chi connectivity index (χ1v) is 9.58. The van der Waals surface area contributed by atoms with Crippen LogP contribution in [0.5, 0.6) is 11.5 Å². The van der Waals surface area contributed by atoms with Crippen LogP contribution in [0.1, 0.15) is 61.4 Å². The van der Waals surface area contributed by atoms with E-state index in [-0.39, 0.29) is 18.5 Å². The summed E-state index contributed by atoms with van der Waals surface area (Å²) in [5.41, 5.74) is 5.74. The average molecular weight is 370 g/mol. The summed E-state index contributed by atoms with van der Waals surface area (Å²) in [7, 11) is 0. The molecule has 2 aromatic rings. The van der Waals surface area contributed by atoms with E-state index in [1.165, 1.54) is 16.7 Å². The lowest BCUT2D eigenvalue weighted by atomic mass is 9.91. The monoisotopic (exact) mass is 370 g/mol. The van der Waals surface area contributed by atoms with Crippen molar-refractivity contribution in [3.8, 4) is 11.5 Å². The summed E-state index contributed by atoms with van der Waals surface area (Å²) in [6.45, 7) is 10.4. The van der Waals surface area contributed by atoms with Crippen LogP contribution in [0.15, 0.2) is 30.3 Å². The van der Waals surface area contributed by atoms with E-state index in [0.29, 0.717) is 18.1 Å². The maximum Gasteiger partial charge on any atom is 0.344 e. The van der Waals surface area contributed by atoms with Crippen LogP contribution in [0.4, 0.5) is 0 Å². The van der Waals surface area contributed by atoms with E-state index in [2.05, 4.69) is 33.8 Å². The van der Waals surface area contributed by atoms with Gasteiger partial charge in [-0.3, -0.25) is 0 Å². The summed E-state index contributed by atoms with van der Waals surface area (Å²) in [6.07, 6.45) is 1.68. The molecule has 0 aromatic heterocycles. The SMILES string of the molecule is CCOC(=O)COc1cc(C)c(Cc2ccc(O)c(C(C)C)c2)c(CC)c1. The molecule has 2 rings (SSSR count). The summed E-state index contributed by atoms with van der Waals surface area (Å²) >= 11 is 0. The molecule has 2 aromatic carbocycles. The number of phenolic OH excluding ortho intramolecular Hbond substituents is 1. The molecular formula is C23H30O4. The zero-order valence-corrected chi connectivity index (χ0v) is 17.0. The highest BCUT2D eigenvalue weighted by Gasteiger charge is 2.13. The molecule has 1 N–H and O–H groups in total. The Balaban J connectivity index is 2.24. The van der Waals surface area contributed by atoms with Gasteiger partial charge in [0.05, 0.1) is 6.61 Å². The van der Waals surface area contributed by atoms with Crippen molar-refractivity contribution in [1.82, 2.24) is 0 Å². The number of aryl methyl sites for hydroxylation is 2. The van der Waals surface area contributed by atoms with Gasteiger partial charge >= 0.3 is 5.97 Å². The largest absolute Gasteiger partial charge is 0.508 e. The molecular weight excluding hydrogens is 340 g/mol. The predicted molar refractivity (Wildman–Crippen MR) is 108 cm³/mol. The average Bonchev–Trinajstić information content (AvgIpc) is 2.63. The van der Waals surface area contributed by atoms with E-state index in [9.17, 15) is 9.90 Å². The molecule has 0 bridgehead atoms. The third-order valence-corrected chi connectivity index (χ3v) is 4.68. The number of phenols is 1. The minimum Gasteiger partial charge on any atom is -0.508 e. The molecule has 0 unspecified atom stereocenters. The summed E-state index contributed by atoms with van der Waals surface area (Å²) < 4.78 is 10.5. The fourth-order valence-corrected chi connectivity index (χ4v) is 3.23. The lowest BCUT2D eigenvalue weighted by molar-refractivity contribution is -0.145. The number of hydrogen-bond acceptors (Lipinski definition) is 4. The van der Waals surface area contributed by atoms with E-state index < -0.39 is 0 Å². The Labute approximate surface area is 162 Å². The molecule has 0 radical (unpaired) electrons. The Bertz CT molecular complexity index is 793. The third-order valence-electron chi connectivity index (χ3n) is 4.68. The predicted octanol–water partition coefficient (Wildman–Crippen LogP) is 4.92. The van der Waals surface area contributed by atoms with E-state index in [0.717, 1.165) is 24.0 Å². The number of benzene rings is 2. The standard InChI is InChI=1S/C23H30O4/c1-6-18-13-19(27-14-23(25)26-7-2)10-16(5)21(18)12-17-8-9-22(24)20(11-17)15(3)4/h8-11,13,15,24H,6-7,12,14H2,1-5H3. The Morgan fingerprint density at radius 1 is 1.15 bits per heavy atom. The number of carbonyl (C=O) groups excluding carboxylic acids is 1. The highest BCUT2D eigenvalue weighted by atomic mass is 16.6. The second-order valence-corrected chi connectivity index (χ2v) is 7.05. The zero-order chi connectivity index (χ0) is 20.0. The van der Waals surface area contributed by atoms with Crippen molar-refractivity contribution in [1.29, 1.82) is 0 Å². The lowest BCUT2D eigenvalue weighted by Crippen LogP contribution is -2.15. The molecule has 146 valence electrons. The molecule has 4 heteroatoms. The van der Waals surface area contributed by atoms with Crippen molar-refractivity contribution in [2.24, 2.45) is 0 Å². The first kappa shape index (κ1) is 20.8. The van der Waals surface area contributed by atoms with Gasteiger partial charge in [-0.2, -0.15) is 0 Å². The molecule has 4 nitrogen and oxygen atoms in total. The number of aromatic hydroxyl groups is 1. The van der Waals surface area contributed by atoms with Gasteiger partial charge in [-0.25, -0.2) is 4.79 Å². The minimum atomic E-state index is -0.359.